The Kier molecular flexibility index (Phi) is 3.77. The molecular formula is C16H11F3N2O2. The number of ether oxygens (including phenoxy) is 1. The third-order valence-electron chi connectivity index (χ3n) is 3.19. The van der Waals surface area contributed by atoms with Crippen molar-refractivity contribution in [2.24, 2.45) is 0 Å². The molecule has 0 aliphatic rings. The Morgan fingerprint density at radius 3 is 2.48 bits per heavy atom. The van der Waals surface area contributed by atoms with E-state index in [9.17, 15) is 13.2 Å². The summed E-state index contributed by atoms with van der Waals surface area (Å²) in [4.78, 5) is 4.15. The fraction of sp³-hybridized carbons (Fsp3) is 0.125. The van der Waals surface area contributed by atoms with Crippen molar-refractivity contribution in [3.8, 4) is 28.6 Å². The van der Waals surface area contributed by atoms with Gasteiger partial charge in [0.1, 0.15) is 5.75 Å². The van der Waals surface area contributed by atoms with Gasteiger partial charge in [0.15, 0.2) is 0 Å². The second-order valence-electron chi connectivity index (χ2n) is 4.73. The summed E-state index contributed by atoms with van der Waals surface area (Å²) in [5.74, 6) is 0.909. The van der Waals surface area contributed by atoms with Crippen LogP contribution in [0.3, 0.4) is 0 Å². The summed E-state index contributed by atoms with van der Waals surface area (Å²) in [5, 5.41) is 3.75. The molecule has 0 spiro atoms. The molecule has 118 valence electrons. The number of aromatic nitrogens is 2. The summed E-state index contributed by atoms with van der Waals surface area (Å²) in [7, 11) is 1.53. The average Bonchev–Trinajstić information content (AvgIpc) is 3.04. The molecule has 0 aliphatic heterocycles. The van der Waals surface area contributed by atoms with Crippen LogP contribution < -0.4 is 4.74 Å². The Balaban J connectivity index is 1.96. The van der Waals surface area contributed by atoms with Gasteiger partial charge in [-0.1, -0.05) is 23.4 Å². The minimum atomic E-state index is -4.42. The maximum absolute atomic E-state index is 12.8. The van der Waals surface area contributed by atoms with E-state index in [1.165, 1.54) is 19.2 Å². The minimum Gasteiger partial charge on any atom is -0.497 e. The van der Waals surface area contributed by atoms with E-state index in [-0.39, 0.29) is 17.3 Å². The Hall–Kier alpha value is -2.83. The molecule has 4 nitrogen and oxygen atoms in total. The van der Waals surface area contributed by atoms with Gasteiger partial charge in [-0.2, -0.15) is 18.2 Å². The molecule has 0 amide bonds. The number of hydrogen-bond acceptors (Lipinski definition) is 4. The maximum atomic E-state index is 12.8. The number of hydrogen-bond donors (Lipinski definition) is 0. The van der Waals surface area contributed by atoms with E-state index >= 15 is 0 Å². The Labute approximate surface area is 129 Å². The lowest BCUT2D eigenvalue weighted by atomic mass is 10.1. The van der Waals surface area contributed by atoms with Crippen molar-refractivity contribution in [3.63, 3.8) is 0 Å². The van der Waals surface area contributed by atoms with Gasteiger partial charge in [0.25, 0.3) is 5.89 Å². The highest BCUT2D eigenvalue weighted by Gasteiger charge is 2.30. The van der Waals surface area contributed by atoms with Gasteiger partial charge in [-0.15, -0.1) is 0 Å². The Morgan fingerprint density at radius 1 is 1.00 bits per heavy atom. The molecular weight excluding hydrogens is 309 g/mol. The molecule has 0 bridgehead atoms. The third kappa shape index (κ3) is 3.18. The average molecular weight is 320 g/mol. The summed E-state index contributed by atoms with van der Waals surface area (Å²) < 4.78 is 48.5. The van der Waals surface area contributed by atoms with E-state index in [1.54, 1.807) is 24.3 Å². The summed E-state index contributed by atoms with van der Waals surface area (Å²) in [5.41, 5.74) is 0.0931. The number of nitrogens with zero attached hydrogens (tertiary/aromatic N) is 2. The second-order valence-corrected chi connectivity index (χ2v) is 4.73. The van der Waals surface area contributed by atoms with Gasteiger partial charge in [-0.3, -0.25) is 0 Å². The monoisotopic (exact) mass is 320 g/mol. The van der Waals surface area contributed by atoms with Gasteiger partial charge in [-0.25, -0.2) is 0 Å². The molecule has 0 saturated carbocycles. The van der Waals surface area contributed by atoms with Crippen LogP contribution in [0.4, 0.5) is 13.2 Å². The molecule has 0 unspecified atom stereocenters. The van der Waals surface area contributed by atoms with Crippen molar-refractivity contribution >= 4 is 0 Å². The Bertz CT molecular complexity index is 828. The third-order valence-corrected chi connectivity index (χ3v) is 3.19. The van der Waals surface area contributed by atoms with Gasteiger partial charge in [0, 0.05) is 11.1 Å². The molecule has 0 N–H and O–H groups in total. The summed E-state index contributed by atoms with van der Waals surface area (Å²) in [6.45, 7) is 0. The van der Waals surface area contributed by atoms with Crippen LogP contribution in [-0.4, -0.2) is 17.3 Å². The fourth-order valence-electron chi connectivity index (χ4n) is 2.05. The molecule has 23 heavy (non-hydrogen) atoms. The topological polar surface area (TPSA) is 48.2 Å². The number of alkyl halides is 3. The van der Waals surface area contributed by atoms with Gasteiger partial charge in [0.2, 0.25) is 5.82 Å². The van der Waals surface area contributed by atoms with Crippen LogP contribution in [0.2, 0.25) is 0 Å². The zero-order valence-corrected chi connectivity index (χ0v) is 12.0. The molecule has 0 aliphatic carbocycles. The van der Waals surface area contributed by atoms with Crippen molar-refractivity contribution < 1.29 is 22.4 Å². The predicted molar refractivity (Wildman–Crippen MR) is 76.7 cm³/mol. The van der Waals surface area contributed by atoms with Gasteiger partial charge in [0.05, 0.1) is 12.7 Å². The molecule has 3 rings (SSSR count). The first-order chi connectivity index (χ1) is 11.0. The highest BCUT2D eigenvalue weighted by Crippen LogP contribution is 2.32. The number of halogens is 3. The minimum absolute atomic E-state index is 0.0916. The van der Waals surface area contributed by atoms with Crippen LogP contribution in [0.15, 0.2) is 53.1 Å². The first-order valence-electron chi connectivity index (χ1n) is 6.63. The predicted octanol–water partition coefficient (Wildman–Crippen LogP) is 4.43. The zero-order chi connectivity index (χ0) is 16.4. The number of benzene rings is 2. The largest absolute Gasteiger partial charge is 0.497 e. The van der Waals surface area contributed by atoms with E-state index in [4.69, 9.17) is 9.26 Å². The molecule has 2 aromatic carbocycles. The van der Waals surface area contributed by atoms with Crippen molar-refractivity contribution in [1.29, 1.82) is 0 Å². The van der Waals surface area contributed by atoms with Crippen molar-refractivity contribution in [2.75, 3.05) is 7.11 Å². The van der Waals surface area contributed by atoms with Crippen molar-refractivity contribution in [2.45, 2.75) is 6.18 Å². The number of methoxy groups -OCH3 is 1. The van der Waals surface area contributed by atoms with Crippen LogP contribution in [0.1, 0.15) is 5.56 Å². The normalized spacial score (nSPS) is 11.5. The lowest BCUT2D eigenvalue weighted by Crippen LogP contribution is -2.04. The zero-order valence-electron chi connectivity index (χ0n) is 12.0. The highest BCUT2D eigenvalue weighted by atomic mass is 19.4. The second kappa shape index (κ2) is 5.75. The van der Waals surface area contributed by atoms with E-state index in [0.717, 1.165) is 12.1 Å². The highest BCUT2D eigenvalue weighted by molar-refractivity contribution is 5.61. The molecule has 0 atom stereocenters. The van der Waals surface area contributed by atoms with Crippen molar-refractivity contribution in [3.05, 3.63) is 54.1 Å². The molecule has 7 heteroatoms. The molecule has 1 heterocycles. The molecule has 1 aromatic heterocycles. The van der Waals surface area contributed by atoms with E-state index in [0.29, 0.717) is 11.3 Å². The molecule has 0 radical (unpaired) electrons. The van der Waals surface area contributed by atoms with E-state index < -0.39 is 11.7 Å². The maximum Gasteiger partial charge on any atom is 0.416 e. The van der Waals surface area contributed by atoms with Crippen molar-refractivity contribution in [1.82, 2.24) is 10.1 Å². The summed E-state index contributed by atoms with van der Waals surface area (Å²) >= 11 is 0. The van der Waals surface area contributed by atoms with Crippen LogP contribution in [0.25, 0.3) is 22.8 Å². The summed E-state index contributed by atoms with van der Waals surface area (Å²) in [6, 6.07) is 11.7. The lowest BCUT2D eigenvalue weighted by Gasteiger charge is -2.06. The molecule has 0 fully saturated rings. The molecule has 3 aromatic rings. The molecule has 0 saturated heterocycles. The first-order valence-corrected chi connectivity index (χ1v) is 6.63. The Morgan fingerprint density at radius 2 is 1.74 bits per heavy atom. The standard InChI is InChI=1S/C16H11F3N2O2/c1-22-13-7-3-5-11(9-13)15-20-14(21-23-15)10-4-2-6-12(8-10)16(17,18)19/h2-9H,1H3. The van der Waals surface area contributed by atoms with Crippen LogP contribution in [0.5, 0.6) is 5.75 Å². The van der Waals surface area contributed by atoms with E-state index in [2.05, 4.69) is 10.1 Å². The fourth-order valence-corrected chi connectivity index (χ4v) is 2.05. The van der Waals surface area contributed by atoms with Crippen LogP contribution in [0, 0.1) is 0 Å². The SMILES string of the molecule is COc1cccc(-c2nc(-c3cccc(C(F)(F)F)c3)no2)c1. The lowest BCUT2D eigenvalue weighted by molar-refractivity contribution is -0.137. The van der Waals surface area contributed by atoms with Gasteiger partial charge < -0.3 is 9.26 Å². The van der Waals surface area contributed by atoms with Gasteiger partial charge >= 0.3 is 6.18 Å². The van der Waals surface area contributed by atoms with Crippen LogP contribution >= 0.6 is 0 Å². The van der Waals surface area contributed by atoms with Gasteiger partial charge in [-0.05, 0) is 30.3 Å². The van der Waals surface area contributed by atoms with Crippen LogP contribution in [-0.2, 0) is 6.18 Å². The first kappa shape index (κ1) is 15.1. The summed E-state index contributed by atoms with van der Waals surface area (Å²) in [6.07, 6.45) is -4.42. The van der Waals surface area contributed by atoms with E-state index in [1.807, 2.05) is 0 Å². The number of rotatable bonds is 3. The quantitative estimate of drug-likeness (QED) is 0.716. The smallest absolute Gasteiger partial charge is 0.416 e.